The zero-order valence-electron chi connectivity index (χ0n) is 10.2. The van der Waals surface area contributed by atoms with E-state index in [-0.39, 0.29) is 11.1 Å². The maximum Gasteiger partial charge on any atom is 0.190 e. The van der Waals surface area contributed by atoms with E-state index in [9.17, 15) is 4.79 Å². The summed E-state index contributed by atoms with van der Waals surface area (Å²) in [6, 6.07) is 13.7. The van der Waals surface area contributed by atoms with Crippen molar-refractivity contribution in [1.29, 1.82) is 5.26 Å². The number of H-pyrrole nitrogens is 1. The molecular weight excluding hydrogens is 274 g/mol. The Bertz CT molecular complexity index is 909. The van der Waals surface area contributed by atoms with Crippen molar-refractivity contribution < 1.29 is 0 Å². The Balaban J connectivity index is 2.31. The summed E-state index contributed by atoms with van der Waals surface area (Å²) in [6.07, 6.45) is 0. The summed E-state index contributed by atoms with van der Waals surface area (Å²) in [6.45, 7) is 0. The van der Waals surface area contributed by atoms with Crippen LogP contribution in [0.25, 0.3) is 22.3 Å². The number of nitrogens with zero attached hydrogens (tertiary/aromatic N) is 2. The minimum atomic E-state index is -0.116. The molecule has 0 spiro atoms. The highest BCUT2D eigenvalue weighted by molar-refractivity contribution is 6.33. The molecule has 3 aromatic rings. The van der Waals surface area contributed by atoms with Crippen LogP contribution in [0.4, 0.5) is 0 Å². The largest absolute Gasteiger partial charge is 0.353 e. The molecule has 2 aromatic heterocycles. The fourth-order valence-electron chi connectivity index (χ4n) is 2.02. The van der Waals surface area contributed by atoms with E-state index in [0.29, 0.717) is 27.3 Å². The molecule has 0 aliphatic carbocycles. The molecule has 0 atom stereocenters. The van der Waals surface area contributed by atoms with Gasteiger partial charge in [0.1, 0.15) is 17.5 Å². The smallest absolute Gasteiger partial charge is 0.190 e. The van der Waals surface area contributed by atoms with E-state index >= 15 is 0 Å². The van der Waals surface area contributed by atoms with Gasteiger partial charge in [0.25, 0.3) is 0 Å². The number of pyridine rings is 2. The molecule has 0 radical (unpaired) electrons. The van der Waals surface area contributed by atoms with Gasteiger partial charge in [-0.1, -0.05) is 23.7 Å². The van der Waals surface area contributed by atoms with Gasteiger partial charge in [-0.3, -0.25) is 4.79 Å². The molecule has 0 bridgehead atoms. The van der Waals surface area contributed by atoms with E-state index in [1.165, 1.54) is 12.1 Å². The topological polar surface area (TPSA) is 69.5 Å². The van der Waals surface area contributed by atoms with Crippen LogP contribution in [0.1, 0.15) is 5.69 Å². The van der Waals surface area contributed by atoms with Crippen molar-refractivity contribution in [3.8, 4) is 17.5 Å². The van der Waals surface area contributed by atoms with Crippen molar-refractivity contribution in [3.05, 3.63) is 63.4 Å². The predicted molar refractivity (Wildman–Crippen MR) is 77.5 cm³/mol. The third kappa shape index (κ3) is 2.04. The summed E-state index contributed by atoms with van der Waals surface area (Å²) in [5.41, 5.74) is 1.73. The van der Waals surface area contributed by atoms with Crippen LogP contribution < -0.4 is 5.43 Å². The third-order valence-electron chi connectivity index (χ3n) is 2.95. The lowest BCUT2D eigenvalue weighted by Crippen LogP contribution is -2.03. The molecule has 0 saturated heterocycles. The number of nitrogens with one attached hydrogen (secondary N) is 1. The Morgan fingerprint density at radius 1 is 1.20 bits per heavy atom. The van der Waals surface area contributed by atoms with Crippen LogP contribution in [0.3, 0.4) is 0 Å². The lowest BCUT2D eigenvalue weighted by Gasteiger charge is -2.06. The van der Waals surface area contributed by atoms with Gasteiger partial charge in [0.2, 0.25) is 0 Å². The van der Waals surface area contributed by atoms with Gasteiger partial charge in [-0.2, -0.15) is 5.26 Å². The van der Waals surface area contributed by atoms with Crippen LogP contribution in [-0.2, 0) is 0 Å². The maximum absolute atomic E-state index is 12.1. The first-order valence-electron chi connectivity index (χ1n) is 5.88. The molecule has 1 aromatic carbocycles. The van der Waals surface area contributed by atoms with E-state index in [4.69, 9.17) is 16.9 Å². The van der Waals surface area contributed by atoms with E-state index in [2.05, 4.69) is 9.97 Å². The van der Waals surface area contributed by atoms with Crippen molar-refractivity contribution in [2.24, 2.45) is 0 Å². The molecule has 5 heteroatoms. The highest BCUT2D eigenvalue weighted by atomic mass is 35.5. The first kappa shape index (κ1) is 12.4. The average molecular weight is 282 g/mol. The Labute approximate surface area is 119 Å². The molecule has 96 valence electrons. The summed E-state index contributed by atoms with van der Waals surface area (Å²) in [5.74, 6) is 0. The first-order chi connectivity index (χ1) is 9.69. The third-order valence-corrected chi connectivity index (χ3v) is 3.26. The van der Waals surface area contributed by atoms with Crippen molar-refractivity contribution >= 4 is 22.5 Å². The van der Waals surface area contributed by atoms with Gasteiger partial charge in [-0.05, 0) is 24.3 Å². The SMILES string of the molecule is N#Cc1ccc(Cl)c(-c2cc(=O)c3ccccc3[nH]2)n1. The molecule has 0 unspecified atom stereocenters. The number of hydrogen-bond donors (Lipinski definition) is 1. The van der Waals surface area contributed by atoms with Crippen LogP contribution in [0.2, 0.25) is 5.02 Å². The van der Waals surface area contributed by atoms with E-state index in [1.807, 2.05) is 18.2 Å². The molecule has 3 rings (SSSR count). The zero-order chi connectivity index (χ0) is 14.1. The number of benzene rings is 1. The zero-order valence-corrected chi connectivity index (χ0v) is 11.0. The molecule has 4 nitrogen and oxygen atoms in total. The van der Waals surface area contributed by atoms with Gasteiger partial charge in [-0.25, -0.2) is 4.98 Å². The number of hydrogen-bond acceptors (Lipinski definition) is 3. The lowest BCUT2D eigenvalue weighted by atomic mass is 10.1. The minimum absolute atomic E-state index is 0.116. The normalized spacial score (nSPS) is 10.4. The van der Waals surface area contributed by atoms with Gasteiger partial charge in [0.15, 0.2) is 5.43 Å². The second-order valence-corrected chi connectivity index (χ2v) is 4.64. The van der Waals surface area contributed by atoms with Crippen molar-refractivity contribution in [1.82, 2.24) is 9.97 Å². The fourth-order valence-corrected chi connectivity index (χ4v) is 2.22. The number of aromatic nitrogens is 2. The monoisotopic (exact) mass is 281 g/mol. The summed E-state index contributed by atoms with van der Waals surface area (Å²) in [5, 5.41) is 9.88. The Kier molecular flexibility index (Phi) is 2.97. The molecule has 0 amide bonds. The van der Waals surface area contributed by atoms with Gasteiger partial charge in [0, 0.05) is 17.0 Å². The molecule has 0 aliphatic rings. The second kappa shape index (κ2) is 4.80. The number of halogens is 1. The van der Waals surface area contributed by atoms with E-state index < -0.39 is 0 Å². The summed E-state index contributed by atoms with van der Waals surface area (Å²) in [4.78, 5) is 19.3. The quantitative estimate of drug-likeness (QED) is 0.745. The number of para-hydroxylation sites is 1. The second-order valence-electron chi connectivity index (χ2n) is 4.23. The van der Waals surface area contributed by atoms with E-state index in [1.54, 1.807) is 18.2 Å². The Morgan fingerprint density at radius 3 is 2.80 bits per heavy atom. The molecule has 0 saturated carbocycles. The molecule has 20 heavy (non-hydrogen) atoms. The molecular formula is C15H8ClN3O. The predicted octanol–water partition coefficient (Wildman–Crippen LogP) is 3.12. The van der Waals surface area contributed by atoms with Gasteiger partial charge in [-0.15, -0.1) is 0 Å². The lowest BCUT2D eigenvalue weighted by molar-refractivity contribution is 1.23. The maximum atomic E-state index is 12.1. The van der Waals surface area contributed by atoms with Crippen molar-refractivity contribution in [3.63, 3.8) is 0 Å². The number of fused-ring (bicyclic) bond motifs is 1. The van der Waals surface area contributed by atoms with E-state index in [0.717, 1.165) is 0 Å². The highest BCUT2D eigenvalue weighted by Crippen LogP contribution is 2.24. The molecule has 0 fully saturated rings. The first-order valence-corrected chi connectivity index (χ1v) is 6.26. The van der Waals surface area contributed by atoms with Crippen LogP contribution in [0, 0.1) is 11.3 Å². The number of nitriles is 1. The average Bonchev–Trinajstić information content (AvgIpc) is 2.48. The van der Waals surface area contributed by atoms with Crippen LogP contribution in [-0.4, -0.2) is 9.97 Å². The highest BCUT2D eigenvalue weighted by Gasteiger charge is 2.10. The van der Waals surface area contributed by atoms with Crippen molar-refractivity contribution in [2.75, 3.05) is 0 Å². The van der Waals surface area contributed by atoms with Gasteiger partial charge < -0.3 is 4.98 Å². The standard InChI is InChI=1S/C15H8ClN3O/c16-11-6-5-9(8-17)18-15(11)13-7-14(20)10-3-1-2-4-12(10)19-13/h1-7H,(H,19,20). The van der Waals surface area contributed by atoms with Crippen molar-refractivity contribution in [2.45, 2.75) is 0 Å². The number of aromatic amines is 1. The van der Waals surface area contributed by atoms with Crippen LogP contribution in [0.15, 0.2) is 47.3 Å². The number of rotatable bonds is 1. The summed E-state index contributed by atoms with van der Waals surface area (Å²) in [7, 11) is 0. The fraction of sp³-hybridized carbons (Fsp3) is 0. The van der Waals surface area contributed by atoms with Crippen LogP contribution >= 0.6 is 11.6 Å². The molecule has 1 N–H and O–H groups in total. The molecule has 0 aliphatic heterocycles. The summed E-state index contributed by atoms with van der Waals surface area (Å²) >= 11 is 6.10. The van der Waals surface area contributed by atoms with Crippen LogP contribution in [0.5, 0.6) is 0 Å². The minimum Gasteiger partial charge on any atom is -0.353 e. The van der Waals surface area contributed by atoms with Gasteiger partial charge >= 0.3 is 0 Å². The Morgan fingerprint density at radius 2 is 2.00 bits per heavy atom. The Hall–Kier alpha value is -2.64. The molecule has 2 heterocycles. The summed E-state index contributed by atoms with van der Waals surface area (Å²) < 4.78 is 0. The van der Waals surface area contributed by atoms with Gasteiger partial charge in [0.05, 0.1) is 10.7 Å².